The summed E-state index contributed by atoms with van der Waals surface area (Å²) >= 11 is 0. The van der Waals surface area contributed by atoms with Crippen LogP contribution in [-0.2, 0) is 0 Å². The number of hydrogen-bond acceptors (Lipinski definition) is 2. The molecule has 1 aliphatic carbocycles. The fourth-order valence-corrected chi connectivity index (χ4v) is 4.04. The Morgan fingerprint density at radius 3 is 2.73 bits per heavy atom. The highest BCUT2D eigenvalue weighted by atomic mass is 15.2. The maximum atomic E-state index is 4.37. The van der Waals surface area contributed by atoms with Crippen molar-refractivity contribution in [3.8, 4) is 0 Å². The second-order valence-corrected chi connectivity index (χ2v) is 7.35. The Morgan fingerprint density at radius 1 is 1.18 bits per heavy atom. The first-order valence-corrected chi connectivity index (χ1v) is 9.38. The molecule has 2 aliphatic rings. The molecule has 4 nitrogen and oxygen atoms in total. The molecular formula is C18H36N4. The lowest BCUT2D eigenvalue weighted by atomic mass is 9.81. The molecule has 0 aromatic rings. The SMILES string of the molecule is CCN1CCC(CNC(=NC)NCCC2CCCC(C)C2)C1. The molecule has 3 unspecified atom stereocenters. The fourth-order valence-electron chi connectivity index (χ4n) is 4.04. The average molecular weight is 309 g/mol. The fraction of sp³-hybridized carbons (Fsp3) is 0.944. The standard InChI is InChI=1S/C18H36N4/c1-4-22-11-9-17(14-22)13-21-18(19-3)20-10-8-16-7-5-6-15(2)12-16/h15-17H,4-14H2,1-3H3,(H2,19,20,21). The van der Waals surface area contributed by atoms with Crippen LogP contribution in [0.2, 0.25) is 0 Å². The predicted molar refractivity (Wildman–Crippen MR) is 95.3 cm³/mol. The molecule has 1 saturated carbocycles. The largest absolute Gasteiger partial charge is 0.356 e. The third-order valence-corrected chi connectivity index (χ3v) is 5.49. The van der Waals surface area contributed by atoms with Crippen LogP contribution in [0.3, 0.4) is 0 Å². The minimum atomic E-state index is 0.776. The van der Waals surface area contributed by atoms with Gasteiger partial charge in [0.2, 0.25) is 0 Å². The number of hydrogen-bond donors (Lipinski definition) is 2. The monoisotopic (exact) mass is 308 g/mol. The van der Waals surface area contributed by atoms with E-state index in [0.717, 1.165) is 36.8 Å². The molecule has 128 valence electrons. The minimum absolute atomic E-state index is 0.776. The first-order chi connectivity index (χ1) is 10.7. The summed E-state index contributed by atoms with van der Waals surface area (Å²) in [5.41, 5.74) is 0. The lowest BCUT2D eigenvalue weighted by Crippen LogP contribution is -2.41. The number of likely N-dealkylation sites (tertiary alicyclic amines) is 1. The molecule has 0 radical (unpaired) electrons. The maximum absolute atomic E-state index is 4.37. The van der Waals surface area contributed by atoms with Gasteiger partial charge in [0.25, 0.3) is 0 Å². The van der Waals surface area contributed by atoms with Gasteiger partial charge in [0.15, 0.2) is 5.96 Å². The summed E-state index contributed by atoms with van der Waals surface area (Å²) in [6.07, 6.45) is 8.31. The molecule has 0 aromatic heterocycles. The van der Waals surface area contributed by atoms with E-state index < -0.39 is 0 Å². The van der Waals surface area contributed by atoms with E-state index in [1.807, 2.05) is 7.05 Å². The van der Waals surface area contributed by atoms with Crippen molar-refractivity contribution in [1.29, 1.82) is 0 Å². The smallest absolute Gasteiger partial charge is 0.190 e. The molecule has 0 aromatic carbocycles. The van der Waals surface area contributed by atoms with Crippen molar-refractivity contribution in [1.82, 2.24) is 15.5 Å². The average Bonchev–Trinajstić information content (AvgIpc) is 2.99. The van der Waals surface area contributed by atoms with Crippen molar-refractivity contribution in [3.63, 3.8) is 0 Å². The molecule has 3 atom stereocenters. The van der Waals surface area contributed by atoms with Gasteiger partial charge in [0, 0.05) is 26.7 Å². The van der Waals surface area contributed by atoms with Crippen LogP contribution >= 0.6 is 0 Å². The van der Waals surface area contributed by atoms with Crippen molar-refractivity contribution in [2.75, 3.05) is 39.8 Å². The zero-order chi connectivity index (χ0) is 15.8. The van der Waals surface area contributed by atoms with E-state index in [0.29, 0.717) is 0 Å². The molecule has 2 fully saturated rings. The van der Waals surface area contributed by atoms with Crippen LogP contribution in [-0.4, -0.2) is 50.6 Å². The minimum Gasteiger partial charge on any atom is -0.356 e. The van der Waals surface area contributed by atoms with Crippen molar-refractivity contribution >= 4 is 5.96 Å². The van der Waals surface area contributed by atoms with Crippen LogP contribution in [0.25, 0.3) is 0 Å². The van der Waals surface area contributed by atoms with Gasteiger partial charge in [0.05, 0.1) is 0 Å². The molecule has 1 aliphatic heterocycles. The Hall–Kier alpha value is -0.770. The van der Waals surface area contributed by atoms with Crippen molar-refractivity contribution in [2.24, 2.45) is 22.7 Å². The van der Waals surface area contributed by atoms with E-state index in [1.165, 1.54) is 58.2 Å². The maximum Gasteiger partial charge on any atom is 0.190 e. The molecular weight excluding hydrogens is 272 g/mol. The number of nitrogens with zero attached hydrogens (tertiary/aromatic N) is 2. The number of nitrogens with one attached hydrogen (secondary N) is 2. The summed E-state index contributed by atoms with van der Waals surface area (Å²) in [5.74, 6) is 3.61. The normalized spacial score (nSPS) is 30.5. The summed E-state index contributed by atoms with van der Waals surface area (Å²) in [6.45, 7) is 10.4. The number of rotatable bonds is 6. The highest BCUT2D eigenvalue weighted by Crippen LogP contribution is 2.30. The molecule has 0 amide bonds. The van der Waals surface area contributed by atoms with Gasteiger partial charge in [-0.2, -0.15) is 0 Å². The van der Waals surface area contributed by atoms with Crippen molar-refractivity contribution < 1.29 is 0 Å². The summed E-state index contributed by atoms with van der Waals surface area (Å²) in [7, 11) is 1.88. The second-order valence-electron chi connectivity index (χ2n) is 7.35. The zero-order valence-electron chi connectivity index (χ0n) is 14.9. The van der Waals surface area contributed by atoms with Gasteiger partial charge in [-0.15, -0.1) is 0 Å². The van der Waals surface area contributed by atoms with Crippen molar-refractivity contribution in [2.45, 2.75) is 52.4 Å². The van der Waals surface area contributed by atoms with E-state index in [1.54, 1.807) is 0 Å². The first-order valence-electron chi connectivity index (χ1n) is 9.38. The quantitative estimate of drug-likeness (QED) is 0.585. The Kier molecular flexibility index (Phi) is 7.50. The number of aliphatic imine (C=N–C) groups is 1. The van der Waals surface area contributed by atoms with Crippen LogP contribution < -0.4 is 10.6 Å². The summed E-state index contributed by atoms with van der Waals surface area (Å²) in [5, 5.41) is 7.02. The van der Waals surface area contributed by atoms with E-state index >= 15 is 0 Å². The van der Waals surface area contributed by atoms with Crippen LogP contribution in [0, 0.1) is 17.8 Å². The Morgan fingerprint density at radius 2 is 2.05 bits per heavy atom. The number of guanidine groups is 1. The first kappa shape index (κ1) is 17.6. The Bertz CT molecular complexity index is 342. The van der Waals surface area contributed by atoms with Gasteiger partial charge in [0.1, 0.15) is 0 Å². The molecule has 4 heteroatoms. The van der Waals surface area contributed by atoms with Gasteiger partial charge in [-0.1, -0.05) is 33.1 Å². The Labute approximate surface area is 137 Å². The molecule has 2 N–H and O–H groups in total. The predicted octanol–water partition coefficient (Wildman–Crippen LogP) is 2.71. The Balaban J connectivity index is 1.59. The topological polar surface area (TPSA) is 39.7 Å². The molecule has 22 heavy (non-hydrogen) atoms. The summed E-state index contributed by atoms with van der Waals surface area (Å²) in [4.78, 5) is 6.90. The molecule has 0 spiro atoms. The summed E-state index contributed by atoms with van der Waals surface area (Å²) in [6, 6.07) is 0. The second kappa shape index (κ2) is 9.39. The molecule has 2 rings (SSSR count). The molecule has 0 bridgehead atoms. The zero-order valence-corrected chi connectivity index (χ0v) is 14.9. The third-order valence-electron chi connectivity index (χ3n) is 5.49. The van der Waals surface area contributed by atoms with E-state index in [-0.39, 0.29) is 0 Å². The lowest BCUT2D eigenvalue weighted by Gasteiger charge is -2.27. The summed E-state index contributed by atoms with van der Waals surface area (Å²) < 4.78 is 0. The van der Waals surface area contributed by atoms with Gasteiger partial charge < -0.3 is 15.5 Å². The van der Waals surface area contributed by atoms with Crippen LogP contribution in [0.1, 0.15) is 52.4 Å². The highest BCUT2D eigenvalue weighted by Gasteiger charge is 2.21. The highest BCUT2D eigenvalue weighted by molar-refractivity contribution is 5.79. The van der Waals surface area contributed by atoms with Gasteiger partial charge in [-0.3, -0.25) is 4.99 Å². The van der Waals surface area contributed by atoms with Gasteiger partial charge >= 0.3 is 0 Å². The van der Waals surface area contributed by atoms with Crippen molar-refractivity contribution in [3.05, 3.63) is 0 Å². The van der Waals surface area contributed by atoms with Crippen LogP contribution in [0.4, 0.5) is 0 Å². The van der Waals surface area contributed by atoms with Gasteiger partial charge in [-0.05, 0) is 50.1 Å². The third kappa shape index (κ3) is 5.79. The van der Waals surface area contributed by atoms with E-state index in [2.05, 4.69) is 34.4 Å². The molecule has 1 saturated heterocycles. The van der Waals surface area contributed by atoms with Gasteiger partial charge in [-0.25, -0.2) is 0 Å². The van der Waals surface area contributed by atoms with Crippen LogP contribution in [0.5, 0.6) is 0 Å². The van der Waals surface area contributed by atoms with Crippen LogP contribution in [0.15, 0.2) is 4.99 Å². The lowest BCUT2D eigenvalue weighted by molar-refractivity contribution is 0.270. The van der Waals surface area contributed by atoms with E-state index in [4.69, 9.17) is 0 Å². The molecule has 1 heterocycles. The van der Waals surface area contributed by atoms with E-state index in [9.17, 15) is 0 Å².